The molecular formula is C14H12F3NOS. The largest absolute Gasteiger partial charge is 0.416 e. The van der Waals surface area contributed by atoms with Gasteiger partial charge in [0.15, 0.2) is 0 Å². The number of thiophene rings is 1. The molecule has 0 bridgehead atoms. The van der Waals surface area contributed by atoms with Gasteiger partial charge in [-0.05, 0) is 36.1 Å². The van der Waals surface area contributed by atoms with E-state index in [-0.39, 0.29) is 5.91 Å². The van der Waals surface area contributed by atoms with Crippen LogP contribution in [-0.4, -0.2) is 5.91 Å². The Balaban J connectivity index is 2.13. The molecule has 1 heterocycles. The number of carbonyl (C=O) groups is 1. The highest BCUT2D eigenvalue weighted by Gasteiger charge is 2.30. The van der Waals surface area contributed by atoms with E-state index in [1.54, 1.807) is 30.5 Å². The molecule has 1 amide bonds. The minimum absolute atomic E-state index is 0.287. The lowest BCUT2D eigenvalue weighted by Gasteiger charge is -2.15. The van der Waals surface area contributed by atoms with E-state index in [1.165, 1.54) is 17.4 Å². The highest BCUT2D eigenvalue weighted by atomic mass is 32.1. The van der Waals surface area contributed by atoms with Crippen LogP contribution < -0.4 is 5.32 Å². The number of carbonyl (C=O) groups excluding carboxylic acids is 1. The minimum Gasteiger partial charge on any atom is -0.345 e. The van der Waals surface area contributed by atoms with E-state index in [0.717, 1.165) is 12.1 Å². The molecule has 0 saturated heterocycles. The van der Waals surface area contributed by atoms with Crippen LogP contribution in [0.3, 0.4) is 0 Å². The second-order valence-corrected chi connectivity index (χ2v) is 5.24. The van der Waals surface area contributed by atoms with E-state index in [1.807, 2.05) is 0 Å². The van der Waals surface area contributed by atoms with Gasteiger partial charge in [-0.15, -0.1) is 11.3 Å². The zero-order valence-corrected chi connectivity index (χ0v) is 11.4. The van der Waals surface area contributed by atoms with Crippen LogP contribution >= 0.6 is 11.3 Å². The molecule has 106 valence electrons. The van der Waals surface area contributed by atoms with Crippen LogP contribution in [0.15, 0.2) is 41.8 Å². The second-order valence-electron chi connectivity index (χ2n) is 4.30. The van der Waals surface area contributed by atoms with E-state index >= 15 is 0 Å². The number of nitrogens with one attached hydrogen (secondary N) is 1. The van der Waals surface area contributed by atoms with Gasteiger partial charge in [-0.1, -0.05) is 18.2 Å². The third-order valence-corrected chi connectivity index (χ3v) is 3.68. The van der Waals surface area contributed by atoms with Crippen molar-refractivity contribution in [1.29, 1.82) is 0 Å². The molecule has 0 aliphatic carbocycles. The summed E-state index contributed by atoms with van der Waals surface area (Å²) in [4.78, 5) is 12.4. The molecule has 1 N–H and O–H groups in total. The van der Waals surface area contributed by atoms with Gasteiger partial charge < -0.3 is 5.32 Å². The van der Waals surface area contributed by atoms with E-state index < -0.39 is 17.8 Å². The summed E-state index contributed by atoms with van der Waals surface area (Å²) >= 11 is 1.28. The summed E-state index contributed by atoms with van der Waals surface area (Å²) in [7, 11) is 0. The first kappa shape index (κ1) is 14.6. The lowest BCUT2D eigenvalue weighted by molar-refractivity contribution is -0.137. The lowest BCUT2D eigenvalue weighted by Crippen LogP contribution is -2.26. The minimum atomic E-state index is -4.38. The van der Waals surface area contributed by atoms with Crippen LogP contribution in [0.2, 0.25) is 0 Å². The van der Waals surface area contributed by atoms with Crippen LogP contribution in [0, 0.1) is 0 Å². The molecule has 20 heavy (non-hydrogen) atoms. The van der Waals surface area contributed by atoms with Crippen molar-refractivity contribution in [2.45, 2.75) is 19.1 Å². The molecule has 1 aromatic heterocycles. The maximum atomic E-state index is 12.6. The van der Waals surface area contributed by atoms with Crippen LogP contribution in [0.25, 0.3) is 0 Å². The summed E-state index contributed by atoms with van der Waals surface area (Å²) < 4.78 is 37.9. The number of hydrogen-bond acceptors (Lipinski definition) is 2. The summed E-state index contributed by atoms with van der Waals surface area (Å²) in [6.45, 7) is 1.65. The number of alkyl halides is 3. The molecule has 0 saturated carbocycles. The number of benzene rings is 1. The molecule has 1 aromatic carbocycles. The van der Waals surface area contributed by atoms with Gasteiger partial charge in [0.2, 0.25) is 0 Å². The Bertz CT molecular complexity index is 593. The van der Waals surface area contributed by atoms with Gasteiger partial charge in [-0.25, -0.2) is 0 Å². The summed E-state index contributed by atoms with van der Waals surface area (Å²) in [5, 5.41) is 4.45. The van der Waals surface area contributed by atoms with Crippen molar-refractivity contribution in [3.63, 3.8) is 0 Å². The highest BCUT2D eigenvalue weighted by molar-refractivity contribution is 7.12. The van der Waals surface area contributed by atoms with E-state index in [9.17, 15) is 18.0 Å². The van der Waals surface area contributed by atoms with Gasteiger partial charge in [0, 0.05) is 0 Å². The lowest BCUT2D eigenvalue weighted by atomic mass is 10.0. The fourth-order valence-electron chi connectivity index (χ4n) is 1.74. The van der Waals surface area contributed by atoms with Gasteiger partial charge in [-0.2, -0.15) is 13.2 Å². The molecule has 1 atom stereocenters. The van der Waals surface area contributed by atoms with Crippen LogP contribution in [0.4, 0.5) is 13.2 Å². The van der Waals surface area contributed by atoms with E-state index in [2.05, 4.69) is 5.32 Å². The topological polar surface area (TPSA) is 29.1 Å². The maximum Gasteiger partial charge on any atom is 0.416 e. The summed E-state index contributed by atoms with van der Waals surface area (Å²) in [5.74, 6) is -0.287. The zero-order chi connectivity index (χ0) is 14.8. The quantitative estimate of drug-likeness (QED) is 0.901. The number of hydrogen-bond donors (Lipinski definition) is 1. The Kier molecular flexibility index (Phi) is 4.13. The smallest absolute Gasteiger partial charge is 0.345 e. The molecule has 2 aromatic rings. The molecule has 0 aliphatic heterocycles. The molecule has 0 radical (unpaired) electrons. The summed E-state index contributed by atoms with van der Waals surface area (Å²) in [6, 6.07) is 7.89. The Hall–Kier alpha value is -1.82. The number of rotatable bonds is 3. The zero-order valence-electron chi connectivity index (χ0n) is 10.6. The van der Waals surface area contributed by atoms with Crippen LogP contribution in [0.1, 0.15) is 33.8 Å². The maximum absolute atomic E-state index is 12.6. The van der Waals surface area contributed by atoms with Gasteiger partial charge in [0.05, 0.1) is 16.5 Å². The Labute approximate surface area is 118 Å². The SMILES string of the molecule is CC(NC(=O)c1cccs1)c1cccc(C(F)(F)F)c1. The predicted octanol–water partition coefficient (Wildman–Crippen LogP) is 4.26. The average Bonchev–Trinajstić information content (AvgIpc) is 2.91. The van der Waals surface area contributed by atoms with Crippen molar-refractivity contribution in [2.24, 2.45) is 0 Å². The highest BCUT2D eigenvalue weighted by Crippen LogP contribution is 2.30. The molecular weight excluding hydrogens is 287 g/mol. The van der Waals surface area contributed by atoms with Gasteiger partial charge >= 0.3 is 6.18 Å². The molecule has 0 spiro atoms. The molecule has 2 rings (SSSR count). The van der Waals surface area contributed by atoms with E-state index in [4.69, 9.17) is 0 Å². The van der Waals surface area contributed by atoms with Gasteiger partial charge in [0.1, 0.15) is 0 Å². The van der Waals surface area contributed by atoms with Gasteiger partial charge in [0.25, 0.3) is 5.91 Å². The third-order valence-electron chi connectivity index (χ3n) is 2.81. The van der Waals surface area contributed by atoms with Crippen LogP contribution in [-0.2, 0) is 6.18 Å². The summed E-state index contributed by atoms with van der Waals surface area (Å²) in [5.41, 5.74) is -0.294. The number of halogens is 3. The average molecular weight is 299 g/mol. The predicted molar refractivity (Wildman–Crippen MR) is 71.6 cm³/mol. The second kappa shape index (κ2) is 5.66. The van der Waals surface area contributed by atoms with Crippen molar-refractivity contribution in [3.8, 4) is 0 Å². The molecule has 2 nitrogen and oxygen atoms in total. The molecule has 0 aliphatic rings. The third kappa shape index (κ3) is 3.39. The van der Waals surface area contributed by atoms with Crippen molar-refractivity contribution < 1.29 is 18.0 Å². The Morgan fingerprint density at radius 3 is 2.60 bits per heavy atom. The fraction of sp³-hybridized carbons (Fsp3) is 0.214. The number of amides is 1. The normalized spacial score (nSPS) is 13.0. The Morgan fingerprint density at radius 2 is 2.00 bits per heavy atom. The van der Waals surface area contributed by atoms with Crippen molar-refractivity contribution in [2.75, 3.05) is 0 Å². The first-order valence-electron chi connectivity index (χ1n) is 5.89. The monoisotopic (exact) mass is 299 g/mol. The first-order valence-corrected chi connectivity index (χ1v) is 6.77. The first-order chi connectivity index (χ1) is 9.38. The van der Waals surface area contributed by atoms with Crippen molar-refractivity contribution in [3.05, 3.63) is 57.8 Å². The molecule has 0 fully saturated rings. The standard InChI is InChI=1S/C14H12F3NOS/c1-9(18-13(19)12-6-3-7-20-12)10-4-2-5-11(8-10)14(15,16)17/h2-9H,1H3,(H,18,19). The van der Waals surface area contributed by atoms with Crippen molar-refractivity contribution >= 4 is 17.2 Å². The van der Waals surface area contributed by atoms with Crippen molar-refractivity contribution in [1.82, 2.24) is 5.32 Å². The summed E-state index contributed by atoms with van der Waals surface area (Å²) in [6.07, 6.45) is -4.38. The van der Waals surface area contributed by atoms with Crippen LogP contribution in [0.5, 0.6) is 0 Å². The Morgan fingerprint density at radius 1 is 1.25 bits per heavy atom. The molecule has 6 heteroatoms. The molecule has 1 unspecified atom stereocenters. The van der Waals surface area contributed by atoms with E-state index in [0.29, 0.717) is 10.4 Å². The van der Waals surface area contributed by atoms with Gasteiger partial charge in [-0.3, -0.25) is 4.79 Å². The fourth-order valence-corrected chi connectivity index (χ4v) is 2.37.